The van der Waals surface area contributed by atoms with Gasteiger partial charge in [-0.25, -0.2) is 13.1 Å². The van der Waals surface area contributed by atoms with Crippen molar-refractivity contribution in [2.45, 2.75) is 71.1 Å². The van der Waals surface area contributed by atoms with Crippen LogP contribution >= 0.6 is 0 Å². The fourth-order valence-electron chi connectivity index (χ4n) is 3.00. The van der Waals surface area contributed by atoms with Gasteiger partial charge >= 0.3 is 0 Å². The molecule has 7 nitrogen and oxygen atoms in total. The lowest BCUT2D eigenvalue weighted by atomic mass is 10.2. The second kappa shape index (κ2) is 9.12. The average molecular weight is 374 g/mol. The molecule has 0 spiro atoms. The molecule has 8 heteroatoms. The highest BCUT2D eigenvalue weighted by atomic mass is 32.2. The van der Waals surface area contributed by atoms with Crippen molar-refractivity contribution in [1.82, 2.24) is 14.5 Å². The summed E-state index contributed by atoms with van der Waals surface area (Å²) in [5.41, 5.74) is 1.23. The zero-order valence-corrected chi connectivity index (χ0v) is 16.6. The Kier molecular flexibility index (Phi) is 7.42. The maximum Gasteiger partial charge on any atom is 0.244 e. The standard InChI is InChI=1S/C17H31N3O4S/c1-13(2)12-20-15(4)17(14(3)19-20)25(21,22)18-9-7-11-24-16-8-5-6-10-23-16/h13,16,18H,5-12H2,1-4H3/t16-/m0/s1. The Hall–Kier alpha value is -0.960. The van der Waals surface area contributed by atoms with Crippen molar-refractivity contribution >= 4 is 10.0 Å². The smallest absolute Gasteiger partial charge is 0.244 e. The quantitative estimate of drug-likeness (QED) is 0.672. The van der Waals surface area contributed by atoms with Gasteiger partial charge in [0.1, 0.15) is 4.90 Å². The van der Waals surface area contributed by atoms with Gasteiger partial charge in [-0.05, 0) is 45.4 Å². The molecule has 1 N–H and O–H groups in total. The first-order valence-electron chi connectivity index (χ1n) is 9.08. The molecule has 144 valence electrons. The molecule has 1 saturated heterocycles. The third-order valence-electron chi connectivity index (χ3n) is 4.18. The molecule has 1 aliphatic rings. The van der Waals surface area contributed by atoms with Gasteiger partial charge in [0.25, 0.3) is 0 Å². The van der Waals surface area contributed by atoms with Crippen molar-refractivity contribution in [3.05, 3.63) is 11.4 Å². The molecule has 0 radical (unpaired) electrons. The van der Waals surface area contributed by atoms with Gasteiger partial charge in [0.05, 0.1) is 18.0 Å². The van der Waals surface area contributed by atoms with E-state index in [2.05, 4.69) is 23.7 Å². The fraction of sp³-hybridized carbons (Fsp3) is 0.824. The number of hydrogen-bond acceptors (Lipinski definition) is 5. The maximum absolute atomic E-state index is 12.6. The van der Waals surface area contributed by atoms with Crippen LogP contribution in [0.3, 0.4) is 0 Å². The predicted molar refractivity (Wildman–Crippen MR) is 95.9 cm³/mol. The van der Waals surface area contributed by atoms with E-state index < -0.39 is 10.0 Å². The molecule has 1 fully saturated rings. The summed E-state index contributed by atoms with van der Waals surface area (Å²) in [6.07, 6.45) is 3.60. The van der Waals surface area contributed by atoms with Gasteiger partial charge in [0.15, 0.2) is 6.29 Å². The van der Waals surface area contributed by atoms with E-state index in [9.17, 15) is 8.42 Å². The van der Waals surface area contributed by atoms with E-state index in [-0.39, 0.29) is 6.29 Å². The molecule has 1 aromatic heterocycles. The monoisotopic (exact) mass is 373 g/mol. The first kappa shape index (κ1) is 20.4. The van der Waals surface area contributed by atoms with E-state index >= 15 is 0 Å². The molecule has 1 aliphatic heterocycles. The van der Waals surface area contributed by atoms with Crippen LogP contribution in [0.15, 0.2) is 4.90 Å². The molecule has 0 aromatic carbocycles. The molecule has 1 aromatic rings. The average Bonchev–Trinajstić information content (AvgIpc) is 2.81. The number of rotatable bonds is 9. The van der Waals surface area contributed by atoms with Crippen LogP contribution in [0.1, 0.15) is 50.9 Å². The van der Waals surface area contributed by atoms with E-state index in [0.29, 0.717) is 48.3 Å². The Morgan fingerprint density at radius 2 is 2.12 bits per heavy atom. The second-order valence-corrected chi connectivity index (χ2v) is 8.70. The number of sulfonamides is 1. The number of hydrogen-bond donors (Lipinski definition) is 1. The summed E-state index contributed by atoms with van der Waals surface area (Å²) < 4.78 is 40.8. The fourth-order valence-corrected chi connectivity index (χ4v) is 4.48. The van der Waals surface area contributed by atoms with Gasteiger partial charge in [-0.2, -0.15) is 5.10 Å². The van der Waals surface area contributed by atoms with E-state index in [0.717, 1.165) is 25.9 Å². The van der Waals surface area contributed by atoms with Gasteiger partial charge in [0, 0.05) is 19.7 Å². The molecule has 0 saturated carbocycles. The molecular weight excluding hydrogens is 342 g/mol. The number of ether oxygens (including phenoxy) is 2. The normalized spacial score (nSPS) is 18.8. The molecule has 25 heavy (non-hydrogen) atoms. The van der Waals surface area contributed by atoms with Gasteiger partial charge in [-0.3, -0.25) is 4.68 Å². The molecule has 1 atom stereocenters. The third-order valence-corrected chi connectivity index (χ3v) is 5.89. The minimum atomic E-state index is -3.56. The largest absolute Gasteiger partial charge is 0.353 e. The van der Waals surface area contributed by atoms with E-state index in [1.165, 1.54) is 0 Å². The minimum Gasteiger partial charge on any atom is -0.353 e. The van der Waals surface area contributed by atoms with E-state index in [4.69, 9.17) is 9.47 Å². The zero-order chi connectivity index (χ0) is 18.4. The highest BCUT2D eigenvalue weighted by molar-refractivity contribution is 7.89. The Morgan fingerprint density at radius 1 is 1.36 bits per heavy atom. The number of nitrogens with one attached hydrogen (secondary N) is 1. The zero-order valence-electron chi connectivity index (χ0n) is 15.7. The van der Waals surface area contributed by atoms with Crippen LogP contribution in [0.2, 0.25) is 0 Å². The first-order chi connectivity index (χ1) is 11.8. The predicted octanol–water partition coefficient (Wildman–Crippen LogP) is 2.37. The highest BCUT2D eigenvalue weighted by Gasteiger charge is 2.24. The van der Waals surface area contributed by atoms with Crippen LogP contribution in [-0.2, 0) is 26.0 Å². The highest BCUT2D eigenvalue weighted by Crippen LogP contribution is 2.20. The number of aryl methyl sites for hydroxylation is 1. The molecule has 2 rings (SSSR count). The summed E-state index contributed by atoms with van der Waals surface area (Å²) in [4.78, 5) is 0.296. The van der Waals surface area contributed by atoms with Crippen LogP contribution in [0, 0.1) is 19.8 Å². The summed E-state index contributed by atoms with van der Waals surface area (Å²) in [5.74, 6) is 0.403. The van der Waals surface area contributed by atoms with Crippen molar-refractivity contribution in [3.8, 4) is 0 Å². The van der Waals surface area contributed by atoms with Crippen molar-refractivity contribution in [2.24, 2.45) is 5.92 Å². The van der Waals surface area contributed by atoms with Crippen LogP contribution in [0.5, 0.6) is 0 Å². The lowest BCUT2D eigenvalue weighted by Crippen LogP contribution is -2.28. The summed E-state index contributed by atoms with van der Waals surface area (Å²) >= 11 is 0. The van der Waals surface area contributed by atoms with Gasteiger partial charge in [-0.1, -0.05) is 13.8 Å². The van der Waals surface area contributed by atoms with Crippen LogP contribution in [0.25, 0.3) is 0 Å². The van der Waals surface area contributed by atoms with Crippen molar-refractivity contribution in [2.75, 3.05) is 19.8 Å². The first-order valence-corrected chi connectivity index (χ1v) is 10.6. The summed E-state index contributed by atoms with van der Waals surface area (Å²) in [5, 5.41) is 4.38. The van der Waals surface area contributed by atoms with Crippen LogP contribution in [-0.4, -0.2) is 44.2 Å². The second-order valence-electron chi connectivity index (χ2n) is 6.99. The Balaban J connectivity index is 1.85. The Morgan fingerprint density at radius 3 is 2.76 bits per heavy atom. The third kappa shape index (κ3) is 5.77. The van der Waals surface area contributed by atoms with E-state index in [1.54, 1.807) is 18.5 Å². The maximum atomic E-state index is 12.6. The van der Waals surface area contributed by atoms with E-state index in [1.807, 2.05) is 0 Å². The molecule has 0 amide bonds. The summed E-state index contributed by atoms with van der Waals surface area (Å²) in [7, 11) is -3.56. The summed E-state index contributed by atoms with van der Waals surface area (Å²) in [6.45, 7) is 9.98. The molecular formula is C17H31N3O4S. The molecule has 0 unspecified atom stereocenters. The van der Waals surface area contributed by atoms with Crippen LogP contribution < -0.4 is 4.72 Å². The van der Waals surface area contributed by atoms with Crippen LogP contribution in [0.4, 0.5) is 0 Å². The Labute approximate surface area is 151 Å². The van der Waals surface area contributed by atoms with Gasteiger partial charge < -0.3 is 9.47 Å². The topological polar surface area (TPSA) is 82.5 Å². The van der Waals surface area contributed by atoms with Crippen molar-refractivity contribution < 1.29 is 17.9 Å². The van der Waals surface area contributed by atoms with Gasteiger partial charge in [-0.15, -0.1) is 0 Å². The lowest BCUT2D eigenvalue weighted by Gasteiger charge is -2.22. The van der Waals surface area contributed by atoms with Crippen molar-refractivity contribution in [1.29, 1.82) is 0 Å². The minimum absolute atomic E-state index is 0.135. The SMILES string of the molecule is Cc1nn(CC(C)C)c(C)c1S(=O)(=O)NCCCO[C@H]1CCCCO1. The summed E-state index contributed by atoms with van der Waals surface area (Å²) in [6, 6.07) is 0. The molecule has 2 heterocycles. The number of nitrogens with zero attached hydrogens (tertiary/aromatic N) is 2. The van der Waals surface area contributed by atoms with Gasteiger partial charge in [0.2, 0.25) is 10.0 Å². The molecule has 0 aliphatic carbocycles. The van der Waals surface area contributed by atoms with Crippen molar-refractivity contribution in [3.63, 3.8) is 0 Å². The number of aromatic nitrogens is 2. The molecule has 0 bridgehead atoms. The Bertz CT molecular complexity index is 649. The lowest BCUT2D eigenvalue weighted by molar-refractivity contribution is -0.162.